The van der Waals surface area contributed by atoms with Gasteiger partial charge in [0.05, 0.1) is 5.56 Å². The van der Waals surface area contributed by atoms with Crippen molar-refractivity contribution >= 4 is 11.9 Å². The largest absolute Gasteiger partial charge is 0.416 e. The topological polar surface area (TPSA) is 61.4 Å². The van der Waals surface area contributed by atoms with E-state index in [1.54, 1.807) is 18.5 Å². The normalized spacial score (nSPS) is 15.6. The summed E-state index contributed by atoms with van der Waals surface area (Å²) >= 11 is 0. The van der Waals surface area contributed by atoms with Crippen molar-refractivity contribution in [2.24, 2.45) is 0 Å². The molecule has 0 spiro atoms. The molecule has 9 heteroatoms. The predicted molar refractivity (Wildman–Crippen MR) is 94.5 cm³/mol. The second kappa shape index (κ2) is 8.34. The molecule has 1 aromatic heterocycles. The molecule has 6 nitrogen and oxygen atoms in total. The third-order valence-corrected chi connectivity index (χ3v) is 4.40. The van der Waals surface area contributed by atoms with Gasteiger partial charge < -0.3 is 10.2 Å². The van der Waals surface area contributed by atoms with Crippen molar-refractivity contribution in [1.82, 2.24) is 20.2 Å². The third kappa shape index (κ3) is 5.16. The van der Waals surface area contributed by atoms with E-state index >= 15 is 0 Å². The first-order valence-electron chi connectivity index (χ1n) is 8.63. The van der Waals surface area contributed by atoms with E-state index in [1.165, 1.54) is 12.1 Å². The van der Waals surface area contributed by atoms with Crippen LogP contribution in [0, 0.1) is 0 Å². The lowest BCUT2D eigenvalue weighted by Crippen LogP contribution is -2.49. The van der Waals surface area contributed by atoms with Crippen molar-refractivity contribution in [3.05, 3.63) is 53.9 Å². The van der Waals surface area contributed by atoms with Gasteiger partial charge in [-0.3, -0.25) is 9.69 Å². The summed E-state index contributed by atoms with van der Waals surface area (Å²) in [4.78, 5) is 24.8. The number of hydrogen-bond acceptors (Lipinski definition) is 5. The number of piperazine rings is 1. The van der Waals surface area contributed by atoms with Crippen molar-refractivity contribution in [2.75, 3.05) is 44.2 Å². The van der Waals surface area contributed by atoms with Gasteiger partial charge in [-0.15, -0.1) is 0 Å². The number of halogens is 3. The molecule has 144 valence electrons. The molecule has 1 aromatic carbocycles. The van der Waals surface area contributed by atoms with E-state index < -0.39 is 11.7 Å². The van der Waals surface area contributed by atoms with Gasteiger partial charge >= 0.3 is 6.18 Å². The molecule has 1 fully saturated rings. The quantitative estimate of drug-likeness (QED) is 0.862. The zero-order valence-electron chi connectivity index (χ0n) is 14.6. The summed E-state index contributed by atoms with van der Waals surface area (Å²) in [6.45, 7) is 4.37. The number of nitrogens with zero attached hydrogens (tertiary/aromatic N) is 4. The summed E-state index contributed by atoms with van der Waals surface area (Å²) in [5, 5.41) is 2.75. The average molecular weight is 379 g/mol. The highest BCUT2D eigenvalue weighted by molar-refractivity contribution is 5.94. The van der Waals surface area contributed by atoms with Crippen molar-refractivity contribution < 1.29 is 18.0 Å². The molecule has 1 amide bonds. The Kier molecular flexibility index (Phi) is 5.90. The maximum atomic E-state index is 12.5. The number of anilines is 1. The number of carbonyl (C=O) groups excluding carboxylic acids is 1. The summed E-state index contributed by atoms with van der Waals surface area (Å²) < 4.78 is 37.6. The number of benzene rings is 1. The molecule has 1 saturated heterocycles. The van der Waals surface area contributed by atoms with Gasteiger partial charge in [-0.1, -0.05) is 0 Å². The molecule has 0 atom stereocenters. The fraction of sp³-hybridized carbons (Fsp3) is 0.389. The first kappa shape index (κ1) is 19.1. The Hall–Kier alpha value is -2.68. The summed E-state index contributed by atoms with van der Waals surface area (Å²) in [6.07, 6.45) is -0.973. The molecule has 0 aliphatic carbocycles. The minimum Gasteiger partial charge on any atom is -0.351 e. The molecule has 3 rings (SSSR count). The lowest BCUT2D eigenvalue weighted by atomic mass is 10.1. The third-order valence-electron chi connectivity index (χ3n) is 4.40. The van der Waals surface area contributed by atoms with E-state index in [0.29, 0.717) is 19.0 Å². The van der Waals surface area contributed by atoms with E-state index in [2.05, 4.69) is 25.1 Å². The van der Waals surface area contributed by atoms with Crippen LogP contribution in [0.15, 0.2) is 42.7 Å². The molecule has 0 unspecified atom stereocenters. The van der Waals surface area contributed by atoms with Crippen molar-refractivity contribution in [3.63, 3.8) is 0 Å². The van der Waals surface area contributed by atoms with Crippen LogP contribution in [0.25, 0.3) is 0 Å². The average Bonchev–Trinajstić information content (AvgIpc) is 2.68. The van der Waals surface area contributed by atoms with Crippen molar-refractivity contribution in [1.29, 1.82) is 0 Å². The highest BCUT2D eigenvalue weighted by Crippen LogP contribution is 2.29. The number of rotatable bonds is 5. The van der Waals surface area contributed by atoms with Crippen LogP contribution in [0.4, 0.5) is 19.1 Å². The minimum absolute atomic E-state index is 0.217. The van der Waals surface area contributed by atoms with Gasteiger partial charge in [0, 0.05) is 57.2 Å². The monoisotopic (exact) mass is 379 g/mol. The predicted octanol–water partition coefficient (Wildman–Crippen LogP) is 2.05. The lowest BCUT2D eigenvalue weighted by Gasteiger charge is -2.34. The second-order valence-electron chi connectivity index (χ2n) is 6.21. The molecular formula is C18H20F3N5O. The van der Waals surface area contributed by atoms with Crippen LogP contribution in [0.5, 0.6) is 0 Å². The Bertz CT molecular complexity index is 744. The molecule has 1 N–H and O–H groups in total. The van der Waals surface area contributed by atoms with Crippen molar-refractivity contribution in [2.45, 2.75) is 6.18 Å². The molecule has 27 heavy (non-hydrogen) atoms. The highest BCUT2D eigenvalue weighted by atomic mass is 19.4. The van der Waals surface area contributed by atoms with Gasteiger partial charge in [0.1, 0.15) is 0 Å². The van der Waals surface area contributed by atoms with Crippen LogP contribution in [0.1, 0.15) is 15.9 Å². The summed E-state index contributed by atoms with van der Waals surface area (Å²) in [6, 6.07) is 5.99. The van der Waals surface area contributed by atoms with Crippen LogP contribution in [0.2, 0.25) is 0 Å². The van der Waals surface area contributed by atoms with E-state index in [-0.39, 0.29) is 11.5 Å². The SMILES string of the molecule is O=C(NCCN1CCN(c2ncccn2)CC1)c1ccc(C(F)(F)F)cc1. The fourth-order valence-electron chi connectivity index (χ4n) is 2.87. The Morgan fingerprint density at radius 1 is 1.04 bits per heavy atom. The van der Waals surface area contributed by atoms with Crippen LogP contribution in [-0.4, -0.2) is 60.0 Å². The molecule has 0 bridgehead atoms. The van der Waals surface area contributed by atoms with Gasteiger partial charge in [-0.05, 0) is 30.3 Å². The molecule has 1 aliphatic rings. The standard InChI is InChI=1S/C18H20F3N5O/c19-18(20,21)15-4-2-14(3-5-15)16(27)22-8-9-25-10-12-26(13-11-25)17-23-6-1-7-24-17/h1-7H,8-13H2,(H,22,27). The van der Waals surface area contributed by atoms with Crippen LogP contribution < -0.4 is 10.2 Å². The van der Waals surface area contributed by atoms with Gasteiger partial charge in [-0.25, -0.2) is 9.97 Å². The Morgan fingerprint density at radius 3 is 2.26 bits per heavy atom. The van der Waals surface area contributed by atoms with Crippen molar-refractivity contribution in [3.8, 4) is 0 Å². The summed E-state index contributed by atoms with van der Waals surface area (Å²) in [5.41, 5.74) is -0.548. The van der Waals surface area contributed by atoms with Crippen LogP contribution in [-0.2, 0) is 6.18 Å². The van der Waals surface area contributed by atoms with E-state index in [0.717, 1.165) is 38.3 Å². The van der Waals surface area contributed by atoms with Gasteiger partial charge in [0.25, 0.3) is 5.91 Å². The fourth-order valence-corrected chi connectivity index (χ4v) is 2.87. The first-order valence-corrected chi connectivity index (χ1v) is 8.63. The Morgan fingerprint density at radius 2 is 1.67 bits per heavy atom. The molecule has 2 aromatic rings. The van der Waals surface area contributed by atoms with Gasteiger partial charge in [0.2, 0.25) is 5.95 Å². The molecule has 1 aliphatic heterocycles. The number of alkyl halides is 3. The number of carbonyl (C=O) groups is 1. The Balaban J connectivity index is 1.41. The number of hydrogen-bond donors (Lipinski definition) is 1. The molecule has 2 heterocycles. The number of nitrogens with one attached hydrogen (secondary N) is 1. The smallest absolute Gasteiger partial charge is 0.351 e. The Labute approximate surface area is 155 Å². The second-order valence-corrected chi connectivity index (χ2v) is 6.21. The zero-order chi connectivity index (χ0) is 19.3. The molecule has 0 saturated carbocycles. The summed E-state index contributed by atoms with van der Waals surface area (Å²) in [7, 11) is 0. The van der Waals surface area contributed by atoms with Gasteiger partial charge in [-0.2, -0.15) is 13.2 Å². The maximum absolute atomic E-state index is 12.5. The van der Waals surface area contributed by atoms with E-state index in [4.69, 9.17) is 0 Å². The van der Waals surface area contributed by atoms with Crippen LogP contribution in [0.3, 0.4) is 0 Å². The summed E-state index contributed by atoms with van der Waals surface area (Å²) in [5.74, 6) is 0.341. The minimum atomic E-state index is -4.40. The van der Waals surface area contributed by atoms with Crippen LogP contribution >= 0.6 is 0 Å². The maximum Gasteiger partial charge on any atom is 0.416 e. The molecular weight excluding hydrogens is 359 g/mol. The molecule has 0 radical (unpaired) electrons. The zero-order valence-corrected chi connectivity index (χ0v) is 14.6. The lowest BCUT2D eigenvalue weighted by molar-refractivity contribution is -0.137. The first-order chi connectivity index (χ1) is 12.9. The highest BCUT2D eigenvalue weighted by Gasteiger charge is 2.30. The van der Waals surface area contributed by atoms with Gasteiger partial charge in [0.15, 0.2) is 0 Å². The number of aromatic nitrogens is 2. The number of amides is 1. The van der Waals surface area contributed by atoms with E-state index in [1.807, 2.05) is 0 Å². The van der Waals surface area contributed by atoms with E-state index in [9.17, 15) is 18.0 Å².